The van der Waals surface area contributed by atoms with Crippen molar-refractivity contribution in [2.24, 2.45) is 11.8 Å². The van der Waals surface area contributed by atoms with Gasteiger partial charge in [0.25, 0.3) is 0 Å². The third-order valence-corrected chi connectivity index (χ3v) is 2.88. The van der Waals surface area contributed by atoms with E-state index in [0.29, 0.717) is 18.4 Å². The van der Waals surface area contributed by atoms with Gasteiger partial charge in [0.05, 0.1) is 6.61 Å². The second kappa shape index (κ2) is 3.50. The summed E-state index contributed by atoms with van der Waals surface area (Å²) in [5, 5.41) is 3.22. The van der Waals surface area contributed by atoms with E-state index < -0.39 is 0 Å². The molecule has 0 aromatic heterocycles. The van der Waals surface area contributed by atoms with E-state index >= 15 is 0 Å². The van der Waals surface area contributed by atoms with E-state index in [1.54, 1.807) is 0 Å². The molecule has 1 aliphatic carbocycles. The monoisotopic (exact) mass is 181 g/mol. The van der Waals surface area contributed by atoms with Gasteiger partial charge in [-0.05, 0) is 25.2 Å². The largest absolute Gasteiger partial charge is 0.465 e. The predicted molar refractivity (Wildman–Crippen MR) is 49.2 cm³/mol. The van der Waals surface area contributed by atoms with Crippen LogP contribution in [0.5, 0.6) is 0 Å². The molecule has 1 N–H and O–H groups in total. The topological polar surface area (TPSA) is 38.3 Å². The highest BCUT2D eigenvalue weighted by Crippen LogP contribution is 2.32. The average Bonchev–Trinajstić information content (AvgIpc) is 2.62. The Morgan fingerprint density at radius 1 is 1.69 bits per heavy atom. The van der Waals surface area contributed by atoms with E-state index in [1.165, 1.54) is 0 Å². The number of allylic oxidation sites excluding steroid dienone is 1. The molecule has 13 heavy (non-hydrogen) atoms. The molecule has 0 aromatic carbocycles. The third kappa shape index (κ3) is 1.48. The maximum Gasteiger partial charge on any atom is 0.323 e. The molecule has 1 aliphatic heterocycles. The molecule has 0 spiro atoms. The lowest BCUT2D eigenvalue weighted by Crippen LogP contribution is -2.37. The normalized spacial score (nSPS) is 36.2. The van der Waals surface area contributed by atoms with Gasteiger partial charge in [-0.2, -0.15) is 0 Å². The van der Waals surface area contributed by atoms with Crippen LogP contribution in [0.3, 0.4) is 0 Å². The van der Waals surface area contributed by atoms with Gasteiger partial charge in [0.1, 0.15) is 6.04 Å². The number of carbonyl (C=O) groups excluding carboxylic acids is 1. The second-order valence-corrected chi connectivity index (χ2v) is 3.63. The zero-order valence-electron chi connectivity index (χ0n) is 7.82. The molecule has 3 nitrogen and oxygen atoms in total. The SMILES string of the molecule is CCOC(=O)[C@H]1NC[C@@H]2C=CC[C@H]12. The van der Waals surface area contributed by atoms with Crippen molar-refractivity contribution in [3.8, 4) is 0 Å². The minimum Gasteiger partial charge on any atom is -0.465 e. The molecule has 0 radical (unpaired) electrons. The first-order valence-electron chi connectivity index (χ1n) is 4.89. The van der Waals surface area contributed by atoms with Crippen molar-refractivity contribution in [2.75, 3.05) is 13.2 Å². The third-order valence-electron chi connectivity index (χ3n) is 2.88. The van der Waals surface area contributed by atoms with Crippen LogP contribution in [0.4, 0.5) is 0 Å². The van der Waals surface area contributed by atoms with Crippen molar-refractivity contribution in [2.45, 2.75) is 19.4 Å². The smallest absolute Gasteiger partial charge is 0.323 e. The fraction of sp³-hybridized carbons (Fsp3) is 0.700. The summed E-state index contributed by atoms with van der Waals surface area (Å²) in [6.45, 7) is 3.24. The highest BCUT2D eigenvalue weighted by molar-refractivity contribution is 5.77. The van der Waals surface area contributed by atoms with Gasteiger partial charge in [0.2, 0.25) is 0 Å². The van der Waals surface area contributed by atoms with Crippen molar-refractivity contribution < 1.29 is 9.53 Å². The molecule has 0 unspecified atom stereocenters. The molecule has 3 heteroatoms. The van der Waals surface area contributed by atoms with E-state index in [-0.39, 0.29) is 12.0 Å². The Morgan fingerprint density at radius 3 is 3.31 bits per heavy atom. The molecule has 1 fully saturated rings. The van der Waals surface area contributed by atoms with Crippen LogP contribution in [-0.4, -0.2) is 25.2 Å². The van der Waals surface area contributed by atoms with Gasteiger partial charge in [0.15, 0.2) is 0 Å². The minimum atomic E-state index is -0.0845. The first kappa shape index (κ1) is 8.75. The number of esters is 1. The molecule has 2 aliphatic rings. The number of ether oxygens (including phenoxy) is 1. The summed E-state index contributed by atoms with van der Waals surface area (Å²) in [6, 6.07) is -0.0695. The highest BCUT2D eigenvalue weighted by Gasteiger charge is 2.40. The van der Waals surface area contributed by atoms with Gasteiger partial charge in [-0.1, -0.05) is 12.2 Å². The summed E-state index contributed by atoms with van der Waals surface area (Å²) >= 11 is 0. The van der Waals surface area contributed by atoms with Gasteiger partial charge in [0, 0.05) is 6.54 Å². The number of hydrogen-bond acceptors (Lipinski definition) is 3. The summed E-state index contributed by atoms with van der Waals surface area (Å²) in [6.07, 6.45) is 5.39. The van der Waals surface area contributed by atoms with Gasteiger partial charge in [-0.3, -0.25) is 4.79 Å². The van der Waals surface area contributed by atoms with E-state index in [4.69, 9.17) is 4.74 Å². The van der Waals surface area contributed by atoms with Crippen LogP contribution in [0.2, 0.25) is 0 Å². The van der Waals surface area contributed by atoms with Gasteiger partial charge in [-0.25, -0.2) is 0 Å². The molecular formula is C10H15NO2. The molecule has 0 amide bonds. The molecule has 1 saturated heterocycles. The molecule has 72 valence electrons. The first-order valence-corrected chi connectivity index (χ1v) is 4.89. The molecular weight excluding hydrogens is 166 g/mol. The van der Waals surface area contributed by atoms with Crippen molar-refractivity contribution in [1.29, 1.82) is 0 Å². The zero-order valence-corrected chi connectivity index (χ0v) is 7.82. The Hall–Kier alpha value is -0.830. The van der Waals surface area contributed by atoms with Crippen LogP contribution in [0.1, 0.15) is 13.3 Å². The summed E-state index contributed by atoms with van der Waals surface area (Å²) in [5.74, 6) is 0.909. The van der Waals surface area contributed by atoms with E-state index in [2.05, 4.69) is 17.5 Å². The molecule has 0 aromatic rings. The lowest BCUT2D eigenvalue weighted by molar-refractivity contribution is -0.146. The Kier molecular flexibility index (Phi) is 2.36. The quantitative estimate of drug-likeness (QED) is 0.504. The van der Waals surface area contributed by atoms with Crippen LogP contribution in [-0.2, 0) is 9.53 Å². The Morgan fingerprint density at radius 2 is 2.54 bits per heavy atom. The Bertz CT molecular complexity index is 237. The zero-order chi connectivity index (χ0) is 9.26. The summed E-state index contributed by atoms with van der Waals surface area (Å²) in [4.78, 5) is 11.5. The van der Waals surface area contributed by atoms with Crippen LogP contribution >= 0.6 is 0 Å². The number of fused-ring (bicyclic) bond motifs is 1. The van der Waals surface area contributed by atoms with E-state index in [1.807, 2.05) is 6.92 Å². The standard InChI is InChI=1S/C10H15NO2/c1-2-13-10(12)9-8-5-3-4-7(8)6-11-9/h3-4,7-9,11H,2,5-6H2,1H3/t7-,8-,9-/m0/s1. The Labute approximate surface area is 78.1 Å². The molecule has 0 bridgehead atoms. The first-order chi connectivity index (χ1) is 6.33. The van der Waals surface area contributed by atoms with E-state index in [9.17, 15) is 4.79 Å². The average molecular weight is 181 g/mol. The fourth-order valence-electron chi connectivity index (χ4n) is 2.24. The molecule has 0 saturated carbocycles. The van der Waals surface area contributed by atoms with E-state index in [0.717, 1.165) is 13.0 Å². The lowest BCUT2D eigenvalue weighted by Gasteiger charge is -2.15. The number of carbonyl (C=O) groups is 1. The minimum absolute atomic E-state index is 0.0695. The van der Waals surface area contributed by atoms with Gasteiger partial charge >= 0.3 is 5.97 Å². The summed E-state index contributed by atoms with van der Waals surface area (Å²) in [7, 11) is 0. The number of hydrogen-bond donors (Lipinski definition) is 1. The maximum atomic E-state index is 11.5. The van der Waals surface area contributed by atoms with Gasteiger partial charge in [-0.15, -0.1) is 0 Å². The summed E-state index contributed by atoms with van der Waals surface area (Å²) in [5.41, 5.74) is 0. The second-order valence-electron chi connectivity index (χ2n) is 3.63. The van der Waals surface area contributed by atoms with Crippen molar-refractivity contribution >= 4 is 5.97 Å². The number of nitrogens with one attached hydrogen (secondary N) is 1. The molecule has 1 heterocycles. The maximum absolute atomic E-state index is 11.5. The predicted octanol–water partition coefficient (Wildman–Crippen LogP) is 0.714. The van der Waals surface area contributed by atoms with Crippen LogP contribution in [0.25, 0.3) is 0 Å². The van der Waals surface area contributed by atoms with Crippen LogP contribution < -0.4 is 5.32 Å². The summed E-state index contributed by atoms with van der Waals surface area (Å²) < 4.78 is 5.00. The highest BCUT2D eigenvalue weighted by atomic mass is 16.5. The lowest BCUT2D eigenvalue weighted by atomic mass is 9.93. The van der Waals surface area contributed by atoms with Crippen LogP contribution in [0, 0.1) is 11.8 Å². The number of rotatable bonds is 2. The van der Waals surface area contributed by atoms with Crippen molar-refractivity contribution in [3.63, 3.8) is 0 Å². The molecule has 3 atom stereocenters. The molecule has 2 rings (SSSR count). The fourth-order valence-corrected chi connectivity index (χ4v) is 2.24. The van der Waals surface area contributed by atoms with Crippen molar-refractivity contribution in [3.05, 3.63) is 12.2 Å². The van der Waals surface area contributed by atoms with Crippen LogP contribution in [0.15, 0.2) is 12.2 Å². The Balaban J connectivity index is 1.98. The van der Waals surface area contributed by atoms with Crippen molar-refractivity contribution in [1.82, 2.24) is 5.32 Å². The van der Waals surface area contributed by atoms with Gasteiger partial charge < -0.3 is 10.1 Å².